The first-order valence-electron chi connectivity index (χ1n) is 4.12. The second-order valence-corrected chi connectivity index (χ2v) is 3.52. The second kappa shape index (κ2) is 4.42. The Hall–Kier alpha value is -0.610. The highest BCUT2D eigenvalue weighted by atomic mass is 16.3. The van der Waals surface area contributed by atoms with Gasteiger partial charge in [-0.3, -0.25) is 4.79 Å². The maximum atomic E-state index is 10.7. The molecule has 0 saturated carbocycles. The smallest absolute Gasteiger partial charge is 0.249 e. The molecule has 0 aliphatic heterocycles. The molecule has 72 valence electrons. The van der Waals surface area contributed by atoms with E-state index in [0.717, 1.165) is 0 Å². The lowest BCUT2D eigenvalue weighted by Crippen LogP contribution is -2.41. The van der Waals surface area contributed by atoms with Gasteiger partial charge in [-0.2, -0.15) is 0 Å². The standard InChI is InChI=1S/C8H18N2O2/c1-6(5-9)3-4-8(2,12)7(10)11/h6,12H,3-5,9H2,1-2H3,(H2,10,11)/t6-,8-/m0/s1. The van der Waals surface area contributed by atoms with Crippen LogP contribution in [0, 0.1) is 5.92 Å². The number of primary amides is 1. The molecular weight excluding hydrogens is 156 g/mol. The van der Waals surface area contributed by atoms with Gasteiger partial charge in [0.25, 0.3) is 0 Å². The summed E-state index contributed by atoms with van der Waals surface area (Å²) in [5.74, 6) is -0.359. The Morgan fingerprint density at radius 3 is 2.50 bits per heavy atom. The quantitative estimate of drug-likeness (QED) is 0.529. The molecule has 4 heteroatoms. The van der Waals surface area contributed by atoms with Gasteiger partial charge < -0.3 is 16.6 Å². The summed E-state index contributed by atoms with van der Waals surface area (Å²) in [4.78, 5) is 10.7. The van der Waals surface area contributed by atoms with E-state index in [1.54, 1.807) is 0 Å². The molecule has 5 N–H and O–H groups in total. The van der Waals surface area contributed by atoms with Crippen LogP contribution >= 0.6 is 0 Å². The Bertz CT molecular complexity index is 157. The molecule has 0 aromatic carbocycles. The van der Waals surface area contributed by atoms with E-state index in [1.165, 1.54) is 6.92 Å². The summed E-state index contributed by atoms with van der Waals surface area (Å²) in [5, 5.41) is 9.42. The summed E-state index contributed by atoms with van der Waals surface area (Å²) < 4.78 is 0. The Balaban J connectivity index is 3.83. The Labute approximate surface area is 72.9 Å². The number of aliphatic hydroxyl groups is 1. The lowest BCUT2D eigenvalue weighted by molar-refractivity contribution is -0.135. The first kappa shape index (κ1) is 11.4. The van der Waals surface area contributed by atoms with E-state index >= 15 is 0 Å². The van der Waals surface area contributed by atoms with E-state index in [0.29, 0.717) is 25.3 Å². The van der Waals surface area contributed by atoms with Crippen LogP contribution in [0.25, 0.3) is 0 Å². The number of hydrogen-bond acceptors (Lipinski definition) is 3. The Morgan fingerprint density at radius 1 is 1.67 bits per heavy atom. The molecule has 0 bridgehead atoms. The number of rotatable bonds is 5. The van der Waals surface area contributed by atoms with Gasteiger partial charge in [0.1, 0.15) is 5.60 Å². The van der Waals surface area contributed by atoms with Crippen LogP contribution in [0.2, 0.25) is 0 Å². The van der Waals surface area contributed by atoms with Crippen LogP contribution in [0.5, 0.6) is 0 Å². The minimum absolute atomic E-state index is 0.316. The summed E-state index contributed by atoms with van der Waals surface area (Å²) >= 11 is 0. The largest absolute Gasteiger partial charge is 0.380 e. The van der Waals surface area contributed by atoms with Crippen molar-refractivity contribution in [3.05, 3.63) is 0 Å². The van der Waals surface area contributed by atoms with E-state index in [4.69, 9.17) is 11.5 Å². The summed E-state index contributed by atoms with van der Waals surface area (Å²) in [7, 11) is 0. The van der Waals surface area contributed by atoms with E-state index in [2.05, 4.69) is 0 Å². The molecular formula is C8H18N2O2. The maximum absolute atomic E-state index is 10.7. The highest BCUT2D eigenvalue weighted by Gasteiger charge is 2.27. The molecule has 0 rings (SSSR count). The van der Waals surface area contributed by atoms with E-state index in [-0.39, 0.29) is 0 Å². The summed E-state index contributed by atoms with van der Waals surface area (Å²) in [6, 6.07) is 0. The number of nitrogens with two attached hydrogens (primary N) is 2. The Morgan fingerprint density at radius 2 is 2.17 bits per heavy atom. The van der Waals surface area contributed by atoms with Crippen molar-refractivity contribution in [2.24, 2.45) is 17.4 Å². The van der Waals surface area contributed by atoms with E-state index in [9.17, 15) is 9.90 Å². The van der Waals surface area contributed by atoms with Gasteiger partial charge in [-0.05, 0) is 32.2 Å². The number of amides is 1. The predicted molar refractivity (Wildman–Crippen MR) is 47.3 cm³/mol. The highest BCUT2D eigenvalue weighted by Crippen LogP contribution is 2.15. The van der Waals surface area contributed by atoms with Crippen molar-refractivity contribution in [1.29, 1.82) is 0 Å². The Kier molecular flexibility index (Phi) is 4.20. The minimum atomic E-state index is -1.39. The van der Waals surface area contributed by atoms with Gasteiger partial charge in [-0.25, -0.2) is 0 Å². The second-order valence-electron chi connectivity index (χ2n) is 3.52. The predicted octanol–water partition coefficient (Wildman–Crippen LogP) is -0.402. The number of carbonyl (C=O) groups excluding carboxylic acids is 1. The molecule has 0 aromatic rings. The molecule has 0 radical (unpaired) electrons. The van der Waals surface area contributed by atoms with E-state index in [1.807, 2.05) is 6.92 Å². The third kappa shape index (κ3) is 3.69. The molecule has 12 heavy (non-hydrogen) atoms. The van der Waals surface area contributed by atoms with Crippen molar-refractivity contribution in [1.82, 2.24) is 0 Å². The van der Waals surface area contributed by atoms with Crippen LogP contribution in [0.3, 0.4) is 0 Å². The average Bonchev–Trinajstić information content (AvgIpc) is 2.00. The molecule has 0 unspecified atom stereocenters. The molecule has 0 aliphatic rings. The zero-order chi connectivity index (χ0) is 9.78. The minimum Gasteiger partial charge on any atom is -0.380 e. The van der Waals surface area contributed by atoms with Gasteiger partial charge in [0.15, 0.2) is 0 Å². The van der Waals surface area contributed by atoms with E-state index < -0.39 is 11.5 Å². The van der Waals surface area contributed by atoms with Crippen molar-refractivity contribution in [2.45, 2.75) is 32.3 Å². The molecule has 0 fully saturated rings. The molecule has 0 aromatic heterocycles. The van der Waals surface area contributed by atoms with Crippen LogP contribution in [0.4, 0.5) is 0 Å². The van der Waals surface area contributed by atoms with Crippen molar-refractivity contribution in [3.8, 4) is 0 Å². The monoisotopic (exact) mass is 174 g/mol. The van der Waals surface area contributed by atoms with Crippen LogP contribution in [-0.2, 0) is 4.79 Å². The number of hydrogen-bond donors (Lipinski definition) is 3. The van der Waals surface area contributed by atoms with Gasteiger partial charge in [0.05, 0.1) is 0 Å². The maximum Gasteiger partial charge on any atom is 0.249 e. The van der Waals surface area contributed by atoms with Gasteiger partial charge in [-0.15, -0.1) is 0 Å². The number of carbonyl (C=O) groups is 1. The molecule has 0 saturated heterocycles. The van der Waals surface area contributed by atoms with Crippen molar-refractivity contribution in [2.75, 3.05) is 6.54 Å². The highest BCUT2D eigenvalue weighted by molar-refractivity contribution is 5.82. The van der Waals surface area contributed by atoms with Crippen LogP contribution in [-0.4, -0.2) is 23.2 Å². The fourth-order valence-corrected chi connectivity index (χ4v) is 0.769. The zero-order valence-electron chi connectivity index (χ0n) is 7.71. The van der Waals surface area contributed by atoms with Crippen molar-refractivity contribution in [3.63, 3.8) is 0 Å². The fourth-order valence-electron chi connectivity index (χ4n) is 0.769. The zero-order valence-corrected chi connectivity index (χ0v) is 7.71. The van der Waals surface area contributed by atoms with Gasteiger partial charge >= 0.3 is 0 Å². The SMILES string of the molecule is C[C@H](CN)CC[C@](C)(O)C(N)=O. The molecule has 2 atom stereocenters. The lowest BCUT2D eigenvalue weighted by atomic mass is 9.94. The van der Waals surface area contributed by atoms with Gasteiger partial charge in [-0.1, -0.05) is 6.92 Å². The van der Waals surface area contributed by atoms with Crippen LogP contribution < -0.4 is 11.5 Å². The van der Waals surface area contributed by atoms with Crippen LogP contribution in [0.15, 0.2) is 0 Å². The first-order valence-corrected chi connectivity index (χ1v) is 4.12. The lowest BCUT2D eigenvalue weighted by Gasteiger charge is -2.20. The molecule has 1 amide bonds. The van der Waals surface area contributed by atoms with Crippen molar-refractivity contribution < 1.29 is 9.90 Å². The normalized spacial score (nSPS) is 18.3. The van der Waals surface area contributed by atoms with Gasteiger partial charge in [0, 0.05) is 0 Å². The molecule has 0 aliphatic carbocycles. The average molecular weight is 174 g/mol. The van der Waals surface area contributed by atoms with Gasteiger partial charge in [0.2, 0.25) is 5.91 Å². The first-order chi connectivity index (χ1) is 5.40. The van der Waals surface area contributed by atoms with Crippen LogP contribution in [0.1, 0.15) is 26.7 Å². The third-order valence-electron chi connectivity index (χ3n) is 2.06. The third-order valence-corrected chi connectivity index (χ3v) is 2.06. The molecule has 4 nitrogen and oxygen atoms in total. The molecule has 0 spiro atoms. The van der Waals surface area contributed by atoms with Crippen molar-refractivity contribution >= 4 is 5.91 Å². The molecule has 0 heterocycles. The summed E-state index contributed by atoms with van der Waals surface area (Å²) in [6.45, 7) is 3.96. The topological polar surface area (TPSA) is 89.3 Å². The summed E-state index contributed by atoms with van der Waals surface area (Å²) in [6.07, 6.45) is 1.09. The summed E-state index contributed by atoms with van der Waals surface area (Å²) in [5.41, 5.74) is 8.97. The fraction of sp³-hybridized carbons (Fsp3) is 0.875.